The third-order valence-corrected chi connectivity index (χ3v) is 2.82. The zero-order valence-corrected chi connectivity index (χ0v) is 11.5. The zero-order chi connectivity index (χ0) is 13.0. The van der Waals surface area contributed by atoms with Gasteiger partial charge < -0.3 is 16.2 Å². The fourth-order valence-corrected chi connectivity index (χ4v) is 1.99. The molecule has 4 nitrogen and oxygen atoms in total. The molecule has 1 rings (SSSR count). The van der Waals surface area contributed by atoms with Crippen LogP contribution in [-0.4, -0.2) is 23.2 Å². The van der Waals surface area contributed by atoms with Gasteiger partial charge in [-0.3, -0.25) is 4.79 Å². The van der Waals surface area contributed by atoms with Crippen molar-refractivity contribution in [1.29, 1.82) is 0 Å². The van der Waals surface area contributed by atoms with Gasteiger partial charge in [0, 0.05) is 16.2 Å². The highest BCUT2D eigenvalue weighted by Gasteiger charge is 2.13. The topological polar surface area (TPSA) is 75.3 Å². The predicted octanol–water partition coefficient (Wildman–Crippen LogP) is 1.92. The third kappa shape index (κ3) is 4.36. The number of benzene rings is 1. The van der Waals surface area contributed by atoms with Crippen molar-refractivity contribution < 1.29 is 9.90 Å². The second-order valence-corrected chi connectivity index (χ2v) is 5.11. The molecule has 2 unspecified atom stereocenters. The fourth-order valence-electron chi connectivity index (χ4n) is 1.61. The van der Waals surface area contributed by atoms with E-state index < -0.39 is 6.10 Å². The normalized spacial score (nSPS) is 14.1. The van der Waals surface area contributed by atoms with E-state index in [1.54, 1.807) is 25.1 Å². The molecule has 0 spiro atoms. The molecule has 4 N–H and O–H groups in total. The number of nitrogens with two attached hydrogens (primary N) is 1. The average Bonchev–Trinajstić information content (AvgIpc) is 2.15. The standard InChI is InChI=1S/C12H17BrN2O2/c1-7(5-8(2)16)15-12(17)10-4-3-9(13)6-11(10)14/h3-4,6-8,16H,5,14H2,1-2H3,(H,15,17). The van der Waals surface area contributed by atoms with Crippen LogP contribution in [0.15, 0.2) is 22.7 Å². The molecule has 0 heterocycles. The Morgan fingerprint density at radius 3 is 2.71 bits per heavy atom. The second-order valence-electron chi connectivity index (χ2n) is 4.19. The van der Waals surface area contributed by atoms with E-state index in [9.17, 15) is 9.90 Å². The summed E-state index contributed by atoms with van der Waals surface area (Å²) in [6, 6.07) is 5.04. The van der Waals surface area contributed by atoms with Gasteiger partial charge in [-0.25, -0.2) is 0 Å². The summed E-state index contributed by atoms with van der Waals surface area (Å²) >= 11 is 3.28. The summed E-state index contributed by atoms with van der Waals surface area (Å²) in [6.07, 6.45) is 0.0786. The van der Waals surface area contributed by atoms with Crippen LogP contribution in [0, 0.1) is 0 Å². The van der Waals surface area contributed by atoms with Crippen LogP contribution in [0.2, 0.25) is 0 Å². The van der Waals surface area contributed by atoms with Gasteiger partial charge in [0.2, 0.25) is 0 Å². The lowest BCUT2D eigenvalue weighted by Crippen LogP contribution is -2.35. The molecular weight excluding hydrogens is 284 g/mol. The smallest absolute Gasteiger partial charge is 0.253 e. The molecule has 0 aliphatic rings. The maximum absolute atomic E-state index is 11.9. The fraction of sp³-hybridized carbons (Fsp3) is 0.417. The van der Waals surface area contributed by atoms with Crippen LogP contribution in [0.5, 0.6) is 0 Å². The van der Waals surface area contributed by atoms with Gasteiger partial charge in [0.25, 0.3) is 5.91 Å². The SMILES string of the molecule is CC(O)CC(C)NC(=O)c1ccc(Br)cc1N. The summed E-state index contributed by atoms with van der Waals surface area (Å²) in [6.45, 7) is 3.54. The predicted molar refractivity (Wildman–Crippen MR) is 71.8 cm³/mol. The molecule has 0 aromatic heterocycles. The van der Waals surface area contributed by atoms with Crippen LogP contribution in [0.4, 0.5) is 5.69 Å². The molecule has 0 saturated carbocycles. The van der Waals surface area contributed by atoms with E-state index in [1.807, 2.05) is 6.92 Å². The molecule has 5 heteroatoms. The minimum atomic E-state index is -0.437. The number of carbonyl (C=O) groups is 1. The average molecular weight is 301 g/mol. The second kappa shape index (κ2) is 6.02. The first-order chi connectivity index (χ1) is 7.90. The molecular formula is C12H17BrN2O2. The Morgan fingerprint density at radius 1 is 1.53 bits per heavy atom. The molecule has 1 aromatic carbocycles. The number of carbonyl (C=O) groups excluding carboxylic acids is 1. The summed E-state index contributed by atoms with van der Waals surface area (Å²) in [5.41, 5.74) is 6.64. The summed E-state index contributed by atoms with van der Waals surface area (Å²) in [5.74, 6) is -0.219. The summed E-state index contributed by atoms with van der Waals surface area (Å²) in [7, 11) is 0. The Hall–Kier alpha value is -1.07. The molecule has 0 fully saturated rings. The van der Waals surface area contributed by atoms with Crippen LogP contribution >= 0.6 is 15.9 Å². The van der Waals surface area contributed by atoms with E-state index in [4.69, 9.17) is 5.73 Å². The van der Waals surface area contributed by atoms with Crippen molar-refractivity contribution in [2.45, 2.75) is 32.4 Å². The minimum Gasteiger partial charge on any atom is -0.398 e. The van der Waals surface area contributed by atoms with E-state index in [-0.39, 0.29) is 11.9 Å². The van der Waals surface area contributed by atoms with E-state index >= 15 is 0 Å². The summed E-state index contributed by atoms with van der Waals surface area (Å²) < 4.78 is 0.837. The van der Waals surface area contributed by atoms with Gasteiger partial charge >= 0.3 is 0 Å². The number of halogens is 1. The molecule has 0 aliphatic heterocycles. The largest absolute Gasteiger partial charge is 0.398 e. The first-order valence-electron chi connectivity index (χ1n) is 5.44. The van der Waals surface area contributed by atoms with E-state index in [2.05, 4.69) is 21.2 Å². The number of nitrogens with one attached hydrogen (secondary N) is 1. The van der Waals surface area contributed by atoms with Crippen molar-refractivity contribution in [2.24, 2.45) is 0 Å². The van der Waals surface area contributed by atoms with Crippen molar-refractivity contribution in [3.05, 3.63) is 28.2 Å². The van der Waals surface area contributed by atoms with Gasteiger partial charge in [-0.2, -0.15) is 0 Å². The molecule has 2 atom stereocenters. The number of hydrogen-bond donors (Lipinski definition) is 3. The Morgan fingerprint density at radius 2 is 2.18 bits per heavy atom. The first-order valence-corrected chi connectivity index (χ1v) is 6.23. The van der Waals surface area contributed by atoms with Gasteiger partial charge in [-0.15, -0.1) is 0 Å². The summed E-state index contributed by atoms with van der Waals surface area (Å²) in [5, 5.41) is 12.0. The Labute approximate surface area is 109 Å². The van der Waals surface area contributed by atoms with Gasteiger partial charge in [0.15, 0.2) is 0 Å². The van der Waals surface area contributed by atoms with Crippen LogP contribution < -0.4 is 11.1 Å². The Balaban J connectivity index is 2.70. The lowest BCUT2D eigenvalue weighted by molar-refractivity contribution is 0.0924. The van der Waals surface area contributed by atoms with Gasteiger partial charge in [0.05, 0.1) is 11.7 Å². The van der Waals surface area contributed by atoms with Gasteiger partial charge in [0.1, 0.15) is 0 Å². The molecule has 1 amide bonds. The van der Waals surface area contributed by atoms with Gasteiger partial charge in [-0.1, -0.05) is 15.9 Å². The quantitative estimate of drug-likeness (QED) is 0.744. The van der Waals surface area contributed by atoms with Crippen LogP contribution in [-0.2, 0) is 0 Å². The molecule has 0 aliphatic carbocycles. The number of aliphatic hydroxyl groups is 1. The van der Waals surface area contributed by atoms with E-state index in [1.165, 1.54) is 0 Å². The molecule has 17 heavy (non-hydrogen) atoms. The van der Waals surface area contributed by atoms with Crippen molar-refractivity contribution in [3.8, 4) is 0 Å². The molecule has 1 aromatic rings. The highest BCUT2D eigenvalue weighted by molar-refractivity contribution is 9.10. The monoisotopic (exact) mass is 300 g/mol. The number of anilines is 1. The van der Waals surface area contributed by atoms with Gasteiger partial charge in [-0.05, 0) is 38.5 Å². The maximum atomic E-state index is 11.9. The van der Waals surface area contributed by atoms with Crippen molar-refractivity contribution in [3.63, 3.8) is 0 Å². The zero-order valence-electron chi connectivity index (χ0n) is 9.90. The van der Waals surface area contributed by atoms with Crippen molar-refractivity contribution >= 4 is 27.5 Å². The van der Waals surface area contributed by atoms with Crippen molar-refractivity contribution in [2.75, 3.05) is 5.73 Å². The number of amides is 1. The third-order valence-electron chi connectivity index (χ3n) is 2.33. The molecule has 0 radical (unpaired) electrons. The maximum Gasteiger partial charge on any atom is 0.253 e. The lowest BCUT2D eigenvalue weighted by atomic mass is 10.1. The van der Waals surface area contributed by atoms with Crippen LogP contribution in [0.3, 0.4) is 0 Å². The van der Waals surface area contributed by atoms with E-state index in [0.29, 0.717) is 17.7 Å². The Kier molecular flexibility index (Phi) is 4.96. The minimum absolute atomic E-state index is 0.0921. The summed E-state index contributed by atoms with van der Waals surface area (Å²) in [4.78, 5) is 11.9. The lowest BCUT2D eigenvalue weighted by Gasteiger charge is -2.16. The first kappa shape index (κ1) is 14.0. The highest BCUT2D eigenvalue weighted by atomic mass is 79.9. The number of rotatable bonds is 4. The molecule has 0 bridgehead atoms. The number of hydrogen-bond acceptors (Lipinski definition) is 3. The van der Waals surface area contributed by atoms with E-state index in [0.717, 1.165) is 4.47 Å². The highest BCUT2D eigenvalue weighted by Crippen LogP contribution is 2.18. The van der Waals surface area contributed by atoms with Crippen LogP contribution in [0.25, 0.3) is 0 Å². The molecule has 0 saturated heterocycles. The number of nitrogen functional groups attached to an aromatic ring is 1. The molecule has 94 valence electrons. The number of aliphatic hydroxyl groups excluding tert-OH is 1. The van der Waals surface area contributed by atoms with Crippen LogP contribution in [0.1, 0.15) is 30.6 Å². The Bertz CT molecular complexity index is 407. The van der Waals surface area contributed by atoms with Crippen molar-refractivity contribution in [1.82, 2.24) is 5.32 Å².